The van der Waals surface area contributed by atoms with Gasteiger partial charge in [-0.2, -0.15) is 0 Å². The number of hydrogen-bond donors (Lipinski definition) is 2. The van der Waals surface area contributed by atoms with Crippen LogP contribution in [-0.4, -0.2) is 46.4 Å². The number of carbonyl (C=O) groups is 1. The summed E-state index contributed by atoms with van der Waals surface area (Å²) in [5.41, 5.74) is 2.15. The lowest BCUT2D eigenvalue weighted by Gasteiger charge is -2.44. The number of nitro benzene ring substituents is 1. The molecule has 1 aromatic carbocycles. The Labute approximate surface area is 145 Å². The van der Waals surface area contributed by atoms with Gasteiger partial charge < -0.3 is 15.2 Å². The fourth-order valence-electron chi connectivity index (χ4n) is 3.83. The quantitative estimate of drug-likeness (QED) is 0.660. The molecule has 0 saturated carbocycles. The second kappa shape index (κ2) is 6.33. The van der Waals surface area contributed by atoms with Crippen LogP contribution in [0, 0.1) is 16.0 Å². The summed E-state index contributed by atoms with van der Waals surface area (Å²) in [7, 11) is 0. The van der Waals surface area contributed by atoms with E-state index in [2.05, 4.69) is 15.2 Å². The molecule has 2 bridgehead atoms. The molecule has 0 unspecified atom stereocenters. The molecule has 3 saturated heterocycles. The van der Waals surface area contributed by atoms with Crippen molar-refractivity contribution in [2.24, 2.45) is 5.92 Å². The van der Waals surface area contributed by atoms with Gasteiger partial charge in [-0.15, -0.1) is 0 Å². The number of rotatable bonds is 4. The number of benzene rings is 1. The van der Waals surface area contributed by atoms with Gasteiger partial charge >= 0.3 is 0 Å². The molecule has 130 valence electrons. The number of hydrogen-bond acceptors (Lipinski definition) is 4. The molecule has 0 aliphatic carbocycles. The van der Waals surface area contributed by atoms with Crippen LogP contribution >= 0.6 is 0 Å². The average Bonchev–Trinajstić information content (AvgIpc) is 3.13. The van der Waals surface area contributed by atoms with Gasteiger partial charge in [-0.25, -0.2) is 0 Å². The molecule has 3 fully saturated rings. The highest BCUT2D eigenvalue weighted by Crippen LogP contribution is 2.28. The van der Waals surface area contributed by atoms with Crippen molar-refractivity contribution in [3.63, 3.8) is 0 Å². The standard InChI is InChI=1S/C18H20N4O3/c23-18(20-17-11-21-9-7-13(17)8-10-21)16-6-5-15(19-16)12-1-3-14(4-2-12)22(24)25/h1-6,13,17,19H,7-11H2,(H,20,23)/t17-/m0/s1. The van der Waals surface area contributed by atoms with E-state index >= 15 is 0 Å². The molecule has 0 spiro atoms. The first-order chi connectivity index (χ1) is 12.1. The Morgan fingerprint density at radius 3 is 2.48 bits per heavy atom. The maximum atomic E-state index is 12.5. The number of aromatic amines is 1. The van der Waals surface area contributed by atoms with E-state index in [1.54, 1.807) is 18.2 Å². The van der Waals surface area contributed by atoms with Crippen molar-refractivity contribution in [1.29, 1.82) is 0 Å². The lowest BCUT2D eigenvalue weighted by Crippen LogP contribution is -2.57. The Morgan fingerprint density at radius 1 is 1.16 bits per heavy atom. The van der Waals surface area contributed by atoms with Gasteiger partial charge in [0.2, 0.25) is 0 Å². The van der Waals surface area contributed by atoms with Gasteiger partial charge in [0, 0.05) is 30.4 Å². The molecule has 1 atom stereocenters. The summed E-state index contributed by atoms with van der Waals surface area (Å²) in [6.45, 7) is 3.22. The molecule has 1 aromatic heterocycles. The number of non-ortho nitro benzene ring substituents is 1. The Bertz CT molecular complexity index is 791. The second-order valence-corrected chi connectivity index (χ2v) is 6.81. The molecule has 7 nitrogen and oxygen atoms in total. The molecule has 1 amide bonds. The van der Waals surface area contributed by atoms with Crippen molar-refractivity contribution >= 4 is 11.6 Å². The summed E-state index contributed by atoms with van der Waals surface area (Å²) in [5.74, 6) is 0.491. The lowest BCUT2D eigenvalue weighted by molar-refractivity contribution is -0.384. The zero-order valence-corrected chi connectivity index (χ0v) is 13.8. The number of nitrogens with one attached hydrogen (secondary N) is 2. The van der Waals surface area contributed by atoms with Crippen molar-refractivity contribution in [2.45, 2.75) is 18.9 Å². The second-order valence-electron chi connectivity index (χ2n) is 6.81. The molecular weight excluding hydrogens is 320 g/mol. The fourth-order valence-corrected chi connectivity index (χ4v) is 3.83. The van der Waals surface area contributed by atoms with Crippen molar-refractivity contribution in [1.82, 2.24) is 15.2 Å². The summed E-state index contributed by atoms with van der Waals surface area (Å²) < 4.78 is 0. The third kappa shape index (κ3) is 3.15. The van der Waals surface area contributed by atoms with E-state index in [9.17, 15) is 14.9 Å². The van der Waals surface area contributed by atoms with Crippen molar-refractivity contribution in [3.05, 3.63) is 52.2 Å². The predicted octanol–water partition coefficient (Wildman–Crippen LogP) is 2.41. The zero-order valence-electron chi connectivity index (χ0n) is 13.8. The molecular formula is C18H20N4O3. The summed E-state index contributed by atoms with van der Waals surface area (Å²) in [5, 5.41) is 13.9. The average molecular weight is 340 g/mol. The van der Waals surface area contributed by atoms with Gasteiger partial charge in [0.05, 0.1) is 4.92 Å². The minimum Gasteiger partial charge on any atom is -0.351 e. The van der Waals surface area contributed by atoms with Crippen LogP contribution < -0.4 is 5.32 Å². The lowest BCUT2D eigenvalue weighted by atomic mass is 9.84. The van der Waals surface area contributed by atoms with E-state index in [0.29, 0.717) is 11.6 Å². The third-order valence-electron chi connectivity index (χ3n) is 5.29. The van der Waals surface area contributed by atoms with E-state index in [0.717, 1.165) is 43.7 Å². The van der Waals surface area contributed by atoms with E-state index in [1.165, 1.54) is 12.1 Å². The van der Waals surface area contributed by atoms with Gasteiger partial charge in [0.25, 0.3) is 11.6 Å². The third-order valence-corrected chi connectivity index (χ3v) is 5.29. The highest BCUT2D eigenvalue weighted by atomic mass is 16.6. The Balaban J connectivity index is 1.45. The van der Waals surface area contributed by atoms with Crippen LogP contribution in [-0.2, 0) is 0 Å². The summed E-state index contributed by atoms with van der Waals surface area (Å²) in [6.07, 6.45) is 2.31. The van der Waals surface area contributed by atoms with E-state index in [1.807, 2.05) is 6.07 Å². The van der Waals surface area contributed by atoms with Crippen LogP contribution in [0.2, 0.25) is 0 Å². The van der Waals surface area contributed by atoms with Crippen LogP contribution in [0.4, 0.5) is 5.69 Å². The van der Waals surface area contributed by atoms with Crippen LogP contribution in [0.1, 0.15) is 23.3 Å². The van der Waals surface area contributed by atoms with E-state index in [-0.39, 0.29) is 17.6 Å². The molecule has 3 aliphatic rings. The first-order valence-electron chi connectivity index (χ1n) is 8.57. The smallest absolute Gasteiger partial charge is 0.269 e. The first-order valence-corrected chi connectivity index (χ1v) is 8.57. The molecule has 2 N–H and O–H groups in total. The number of piperidine rings is 3. The van der Waals surface area contributed by atoms with E-state index < -0.39 is 4.92 Å². The van der Waals surface area contributed by atoms with Crippen molar-refractivity contribution in [2.75, 3.05) is 19.6 Å². The van der Waals surface area contributed by atoms with Gasteiger partial charge in [0.15, 0.2) is 0 Å². The van der Waals surface area contributed by atoms with Gasteiger partial charge in [0.1, 0.15) is 5.69 Å². The number of H-pyrrole nitrogens is 1. The normalized spacial score (nSPS) is 24.9. The molecule has 0 radical (unpaired) electrons. The Kier molecular flexibility index (Phi) is 4.01. The largest absolute Gasteiger partial charge is 0.351 e. The summed E-state index contributed by atoms with van der Waals surface area (Å²) >= 11 is 0. The van der Waals surface area contributed by atoms with Crippen LogP contribution in [0.3, 0.4) is 0 Å². The minimum absolute atomic E-state index is 0.0515. The minimum atomic E-state index is -0.425. The Morgan fingerprint density at radius 2 is 1.88 bits per heavy atom. The monoisotopic (exact) mass is 340 g/mol. The zero-order chi connectivity index (χ0) is 17.4. The number of amides is 1. The molecule has 25 heavy (non-hydrogen) atoms. The van der Waals surface area contributed by atoms with Gasteiger partial charge in [-0.3, -0.25) is 14.9 Å². The maximum Gasteiger partial charge on any atom is 0.269 e. The fraction of sp³-hybridized carbons (Fsp3) is 0.389. The first kappa shape index (κ1) is 15.8. The number of aromatic nitrogens is 1. The summed E-state index contributed by atoms with van der Waals surface area (Å²) in [4.78, 5) is 28.3. The molecule has 2 aromatic rings. The maximum absolute atomic E-state index is 12.5. The highest BCUT2D eigenvalue weighted by molar-refractivity contribution is 5.93. The molecule has 4 heterocycles. The predicted molar refractivity (Wildman–Crippen MR) is 93.3 cm³/mol. The number of nitrogens with zero attached hydrogens (tertiary/aromatic N) is 2. The van der Waals surface area contributed by atoms with Gasteiger partial charge in [-0.1, -0.05) is 0 Å². The molecule has 3 aliphatic heterocycles. The number of fused-ring (bicyclic) bond motifs is 3. The highest BCUT2D eigenvalue weighted by Gasteiger charge is 2.35. The summed E-state index contributed by atoms with van der Waals surface area (Å²) in [6, 6.07) is 10.1. The van der Waals surface area contributed by atoms with Crippen molar-refractivity contribution < 1.29 is 9.72 Å². The number of nitro groups is 1. The van der Waals surface area contributed by atoms with Crippen LogP contribution in [0.15, 0.2) is 36.4 Å². The molecule has 7 heteroatoms. The Hall–Kier alpha value is -2.67. The van der Waals surface area contributed by atoms with Gasteiger partial charge in [-0.05, 0) is 61.7 Å². The topological polar surface area (TPSA) is 91.3 Å². The number of carbonyl (C=O) groups excluding carboxylic acids is 1. The van der Waals surface area contributed by atoms with Crippen LogP contribution in [0.5, 0.6) is 0 Å². The van der Waals surface area contributed by atoms with Crippen molar-refractivity contribution in [3.8, 4) is 11.3 Å². The van der Waals surface area contributed by atoms with E-state index in [4.69, 9.17) is 0 Å². The molecule has 5 rings (SSSR count). The SMILES string of the molecule is O=C(N[C@H]1CN2CCC1CC2)c1ccc(-c2ccc([N+](=O)[O-])cc2)[nH]1. The van der Waals surface area contributed by atoms with Crippen LogP contribution in [0.25, 0.3) is 11.3 Å².